The Kier molecular flexibility index (Phi) is 3.87. The summed E-state index contributed by atoms with van der Waals surface area (Å²) in [6, 6.07) is 17.3. The number of fused-ring (bicyclic) bond motifs is 3. The summed E-state index contributed by atoms with van der Waals surface area (Å²) in [5, 5.41) is 2.57. The Morgan fingerprint density at radius 1 is 0.821 bits per heavy atom. The van der Waals surface area contributed by atoms with Crippen molar-refractivity contribution in [3.05, 3.63) is 66.2 Å². The van der Waals surface area contributed by atoms with Gasteiger partial charge in [0.2, 0.25) is 0 Å². The van der Waals surface area contributed by atoms with Crippen LogP contribution in [-0.2, 0) is 9.31 Å². The summed E-state index contributed by atoms with van der Waals surface area (Å²) in [4.78, 5) is 0. The molecule has 2 aromatic carbocycles. The molecule has 1 aliphatic carbocycles. The molecule has 1 aliphatic heterocycles. The molecular formula is C24H26BNO2. The minimum atomic E-state index is -0.313. The fourth-order valence-electron chi connectivity index (χ4n) is 4.24. The van der Waals surface area contributed by atoms with Gasteiger partial charge in [0.25, 0.3) is 0 Å². The quantitative estimate of drug-likeness (QED) is 0.517. The van der Waals surface area contributed by atoms with Gasteiger partial charge in [0.1, 0.15) is 0 Å². The Balaban J connectivity index is 1.62. The Morgan fingerprint density at radius 2 is 1.36 bits per heavy atom. The second kappa shape index (κ2) is 6.10. The number of rotatable bonds is 2. The van der Waals surface area contributed by atoms with E-state index in [0.717, 1.165) is 12.8 Å². The molecule has 142 valence electrons. The smallest absolute Gasteiger partial charge is 0.400 e. The lowest BCUT2D eigenvalue weighted by molar-refractivity contribution is 0.00578. The topological polar surface area (TPSA) is 23.4 Å². The van der Waals surface area contributed by atoms with Crippen LogP contribution in [0, 0.1) is 0 Å². The molecule has 0 amide bonds. The minimum Gasteiger partial charge on any atom is -0.400 e. The predicted molar refractivity (Wildman–Crippen MR) is 117 cm³/mol. The summed E-state index contributed by atoms with van der Waals surface area (Å²) in [6.07, 6.45) is 6.56. The Morgan fingerprint density at radius 3 is 1.93 bits per heavy atom. The van der Waals surface area contributed by atoms with E-state index >= 15 is 0 Å². The summed E-state index contributed by atoms with van der Waals surface area (Å²) in [5.74, 6) is 0. The van der Waals surface area contributed by atoms with Gasteiger partial charge in [-0.25, -0.2) is 0 Å². The number of benzene rings is 2. The number of allylic oxidation sites excluding steroid dienone is 4. The summed E-state index contributed by atoms with van der Waals surface area (Å²) < 4.78 is 15.0. The summed E-state index contributed by atoms with van der Waals surface area (Å²) in [6.45, 7) is 8.44. The van der Waals surface area contributed by atoms with E-state index in [4.69, 9.17) is 9.31 Å². The summed E-state index contributed by atoms with van der Waals surface area (Å²) >= 11 is 0. The van der Waals surface area contributed by atoms with Crippen LogP contribution in [0.4, 0.5) is 0 Å². The maximum absolute atomic E-state index is 6.32. The molecule has 2 heterocycles. The Labute approximate surface area is 166 Å². The molecule has 0 radical (unpaired) electrons. The molecule has 0 unspecified atom stereocenters. The zero-order valence-corrected chi connectivity index (χ0v) is 17.0. The van der Waals surface area contributed by atoms with E-state index in [2.05, 4.69) is 92.9 Å². The van der Waals surface area contributed by atoms with Crippen molar-refractivity contribution in [2.75, 3.05) is 0 Å². The zero-order chi connectivity index (χ0) is 19.5. The lowest BCUT2D eigenvalue weighted by Gasteiger charge is -2.32. The van der Waals surface area contributed by atoms with Crippen LogP contribution in [0.25, 0.3) is 27.5 Å². The highest BCUT2D eigenvalue weighted by molar-refractivity contribution is 6.55. The van der Waals surface area contributed by atoms with Crippen LogP contribution in [0.3, 0.4) is 0 Å². The van der Waals surface area contributed by atoms with E-state index in [1.165, 1.54) is 33.0 Å². The lowest BCUT2D eigenvalue weighted by atomic mass is 9.73. The molecule has 0 saturated carbocycles. The molecule has 3 aromatic rings. The van der Waals surface area contributed by atoms with Crippen LogP contribution >= 0.6 is 0 Å². The van der Waals surface area contributed by atoms with Gasteiger partial charge in [-0.1, -0.05) is 42.5 Å². The van der Waals surface area contributed by atoms with Crippen LogP contribution in [0.5, 0.6) is 0 Å². The van der Waals surface area contributed by atoms with Crippen LogP contribution in [0.15, 0.2) is 66.2 Å². The zero-order valence-electron chi connectivity index (χ0n) is 17.0. The highest BCUT2D eigenvalue weighted by Crippen LogP contribution is 2.41. The molecule has 3 nitrogen and oxygen atoms in total. The average Bonchev–Trinajstić information content (AvgIpc) is 3.12. The molecule has 4 heteroatoms. The molecule has 2 aliphatic rings. The Bertz CT molecular complexity index is 1070. The van der Waals surface area contributed by atoms with Crippen LogP contribution in [-0.4, -0.2) is 22.9 Å². The van der Waals surface area contributed by atoms with E-state index in [9.17, 15) is 0 Å². The van der Waals surface area contributed by atoms with Crippen molar-refractivity contribution in [1.29, 1.82) is 0 Å². The lowest BCUT2D eigenvalue weighted by Crippen LogP contribution is -2.41. The molecule has 0 spiro atoms. The van der Waals surface area contributed by atoms with Gasteiger partial charge in [-0.3, -0.25) is 0 Å². The van der Waals surface area contributed by atoms with Gasteiger partial charge in [0.05, 0.1) is 22.2 Å². The fourth-order valence-corrected chi connectivity index (χ4v) is 4.24. The fraction of sp³-hybridized carbons (Fsp3) is 0.333. The van der Waals surface area contributed by atoms with E-state index in [1.54, 1.807) is 0 Å². The monoisotopic (exact) mass is 371 g/mol. The third-order valence-electron chi connectivity index (χ3n) is 6.51. The van der Waals surface area contributed by atoms with Gasteiger partial charge in [-0.15, -0.1) is 0 Å². The standard InChI is InChI=1S/C24H26BNO2/c1-23(2)24(3,4)28-25(27-23)17-10-9-11-18(16-17)26-21-14-7-5-12-19(21)20-13-6-8-15-22(20)26/h5-8,11-16H,9-10H2,1-4H3. The van der Waals surface area contributed by atoms with Crippen LogP contribution in [0.2, 0.25) is 0 Å². The van der Waals surface area contributed by atoms with Gasteiger partial charge in [-0.2, -0.15) is 0 Å². The van der Waals surface area contributed by atoms with Crippen LogP contribution < -0.4 is 0 Å². The largest absolute Gasteiger partial charge is 0.490 e. The van der Waals surface area contributed by atoms with Gasteiger partial charge in [0.15, 0.2) is 0 Å². The highest BCUT2D eigenvalue weighted by Gasteiger charge is 2.52. The number of hydrogen-bond acceptors (Lipinski definition) is 2. The normalized spacial score (nSPS) is 21.2. The molecule has 1 saturated heterocycles. The first-order valence-electron chi connectivity index (χ1n) is 10.1. The van der Waals surface area contributed by atoms with Crippen molar-refractivity contribution in [3.63, 3.8) is 0 Å². The number of hydrogen-bond donors (Lipinski definition) is 0. The maximum Gasteiger partial charge on any atom is 0.490 e. The molecule has 0 N–H and O–H groups in total. The summed E-state index contributed by atoms with van der Waals surface area (Å²) in [7, 11) is -0.276. The third-order valence-corrected chi connectivity index (χ3v) is 6.51. The SMILES string of the molecule is CC1(C)OB(C2=CC(n3c4ccccc4c4ccccc43)=CCC2)OC1(C)C. The number of aromatic nitrogens is 1. The minimum absolute atomic E-state index is 0.276. The van der Waals surface area contributed by atoms with Crippen molar-refractivity contribution >= 4 is 34.6 Å². The van der Waals surface area contributed by atoms with Crippen LogP contribution in [0.1, 0.15) is 40.5 Å². The summed E-state index contributed by atoms with van der Waals surface area (Å²) in [5.41, 5.74) is 4.27. The van der Waals surface area contributed by atoms with Gasteiger partial charge in [-0.05, 0) is 64.2 Å². The maximum atomic E-state index is 6.32. The third kappa shape index (κ3) is 2.59. The van der Waals surface area contributed by atoms with E-state index in [1.807, 2.05) is 0 Å². The predicted octanol–water partition coefficient (Wildman–Crippen LogP) is 5.99. The average molecular weight is 371 g/mol. The first kappa shape index (κ1) is 17.8. The van der Waals surface area contributed by atoms with Crippen molar-refractivity contribution in [1.82, 2.24) is 4.57 Å². The van der Waals surface area contributed by atoms with Crippen molar-refractivity contribution < 1.29 is 9.31 Å². The highest BCUT2D eigenvalue weighted by atomic mass is 16.7. The van der Waals surface area contributed by atoms with Crippen molar-refractivity contribution in [3.8, 4) is 0 Å². The first-order valence-corrected chi connectivity index (χ1v) is 10.1. The van der Waals surface area contributed by atoms with Crippen molar-refractivity contribution in [2.45, 2.75) is 51.7 Å². The molecule has 0 bridgehead atoms. The molecule has 1 fully saturated rings. The second-order valence-corrected chi connectivity index (χ2v) is 8.84. The van der Waals surface area contributed by atoms with Crippen molar-refractivity contribution in [2.24, 2.45) is 0 Å². The van der Waals surface area contributed by atoms with Gasteiger partial charge >= 0.3 is 7.12 Å². The van der Waals surface area contributed by atoms with Gasteiger partial charge < -0.3 is 13.9 Å². The molecular weight excluding hydrogens is 345 g/mol. The Hall–Kier alpha value is -2.30. The van der Waals surface area contributed by atoms with E-state index < -0.39 is 0 Å². The van der Waals surface area contributed by atoms with Gasteiger partial charge in [0, 0.05) is 16.5 Å². The molecule has 1 aromatic heterocycles. The molecule has 5 rings (SSSR count). The molecule has 28 heavy (non-hydrogen) atoms. The first-order chi connectivity index (χ1) is 13.4. The number of nitrogens with zero attached hydrogens (tertiary/aromatic N) is 1. The molecule has 0 atom stereocenters. The second-order valence-electron chi connectivity index (χ2n) is 8.84. The van der Waals surface area contributed by atoms with E-state index in [-0.39, 0.29) is 18.3 Å². The van der Waals surface area contributed by atoms with E-state index in [0.29, 0.717) is 0 Å². The number of para-hydroxylation sites is 2.